The van der Waals surface area contributed by atoms with Crippen LogP contribution in [-0.2, 0) is 9.84 Å². The molecule has 146 valence electrons. The lowest BCUT2D eigenvalue weighted by molar-refractivity contribution is 0.100. The smallest absolute Gasteiger partial charge is 0.279 e. The molecule has 28 heavy (non-hydrogen) atoms. The number of sulfone groups is 1. The van der Waals surface area contributed by atoms with Crippen LogP contribution in [0.2, 0.25) is 0 Å². The second-order valence-corrected chi connectivity index (χ2v) is 10.9. The number of fused-ring (bicyclic) bond motifs is 1. The lowest BCUT2D eigenvalue weighted by Gasteiger charge is -2.25. The molecule has 0 saturated carbocycles. The van der Waals surface area contributed by atoms with E-state index in [2.05, 4.69) is 4.99 Å². The van der Waals surface area contributed by atoms with Crippen LogP contribution in [0.4, 0.5) is 5.69 Å². The molecule has 1 amide bonds. The number of amidine groups is 1. The summed E-state index contributed by atoms with van der Waals surface area (Å²) < 4.78 is 24.4. The average molecular weight is 415 g/mol. The molecule has 2 heterocycles. The van der Waals surface area contributed by atoms with E-state index in [0.717, 1.165) is 16.8 Å². The van der Waals surface area contributed by atoms with Gasteiger partial charge in [-0.25, -0.2) is 8.42 Å². The fraction of sp³-hybridized carbons (Fsp3) is 0.333. The SMILES string of the molecule is Cc1cccc(C(=O)N=C2S[C@H]3CS(=O)(=O)C[C@H]3N2c2ccc(C)c(C)c2)c1. The van der Waals surface area contributed by atoms with Crippen molar-refractivity contribution in [1.29, 1.82) is 0 Å². The number of rotatable bonds is 2. The van der Waals surface area contributed by atoms with Crippen LogP contribution in [0.1, 0.15) is 27.0 Å². The molecule has 0 unspecified atom stereocenters. The van der Waals surface area contributed by atoms with Gasteiger partial charge in [0.15, 0.2) is 15.0 Å². The lowest BCUT2D eigenvalue weighted by atomic mass is 10.1. The van der Waals surface area contributed by atoms with E-state index < -0.39 is 9.84 Å². The normalized spacial score (nSPS) is 24.5. The Bertz CT molecular complexity index is 1090. The molecule has 0 aromatic heterocycles. The summed E-state index contributed by atoms with van der Waals surface area (Å²) in [6.45, 7) is 6.00. The van der Waals surface area contributed by atoms with Crippen molar-refractivity contribution in [3.8, 4) is 0 Å². The van der Waals surface area contributed by atoms with E-state index in [1.54, 1.807) is 6.07 Å². The molecule has 2 atom stereocenters. The van der Waals surface area contributed by atoms with Crippen molar-refractivity contribution in [2.45, 2.75) is 32.1 Å². The van der Waals surface area contributed by atoms with Gasteiger partial charge in [-0.2, -0.15) is 4.99 Å². The summed E-state index contributed by atoms with van der Waals surface area (Å²) in [7, 11) is -3.08. The standard InChI is InChI=1S/C21H22N2O3S2/c1-13-5-4-6-16(9-13)20(24)22-21-23(17-8-7-14(2)15(3)10-17)18-11-28(25,26)12-19(18)27-21/h4-10,18-19H,11-12H2,1-3H3/t18-,19+/m1/s1. The number of carbonyl (C=O) groups excluding carboxylic acids is 1. The number of nitrogens with zero attached hydrogens (tertiary/aromatic N) is 2. The molecule has 7 heteroatoms. The topological polar surface area (TPSA) is 66.8 Å². The molecule has 0 N–H and O–H groups in total. The molecule has 2 aliphatic heterocycles. The number of thioether (sulfide) groups is 1. The van der Waals surface area contributed by atoms with Crippen molar-refractivity contribution >= 4 is 38.4 Å². The van der Waals surface area contributed by atoms with Crippen molar-refractivity contribution in [3.63, 3.8) is 0 Å². The fourth-order valence-electron chi connectivity index (χ4n) is 3.67. The van der Waals surface area contributed by atoms with Gasteiger partial charge in [0.2, 0.25) is 0 Å². The Labute approximate surface area is 169 Å². The van der Waals surface area contributed by atoms with Crippen LogP contribution in [0.5, 0.6) is 0 Å². The van der Waals surface area contributed by atoms with Gasteiger partial charge in [-0.15, -0.1) is 0 Å². The van der Waals surface area contributed by atoms with Gasteiger partial charge in [0.05, 0.1) is 17.5 Å². The van der Waals surface area contributed by atoms with Crippen molar-refractivity contribution in [1.82, 2.24) is 0 Å². The van der Waals surface area contributed by atoms with Crippen LogP contribution in [0, 0.1) is 20.8 Å². The van der Waals surface area contributed by atoms with Gasteiger partial charge < -0.3 is 4.90 Å². The highest BCUT2D eigenvalue weighted by atomic mass is 32.2. The van der Waals surface area contributed by atoms with Crippen LogP contribution >= 0.6 is 11.8 Å². The molecule has 0 spiro atoms. The summed E-state index contributed by atoms with van der Waals surface area (Å²) >= 11 is 1.40. The zero-order valence-corrected chi connectivity index (χ0v) is 17.7. The summed E-state index contributed by atoms with van der Waals surface area (Å²) in [6, 6.07) is 13.2. The van der Waals surface area contributed by atoms with E-state index in [4.69, 9.17) is 0 Å². The van der Waals surface area contributed by atoms with E-state index in [0.29, 0.717) is 10.7 Å². The zero-order chi connectivity index (χ0) is 20.1. The number of hydrogen-bond acceptors (Lipinski definition) is 4. The lowest BCUT2D eigenvalue weighted by Crippen LogP contribution is -2.37. The highest BCUT2D eigenvalue weighted by molar-refractivity contribution is 8.16. The molecule has 2 aromatic rings. The van der Waals surface area contributed by atoms with Crippen LogP contribution in [-0.4, -0.2) is 42.3 Å². The number of aliphatic imine (C=N–C) groups is 1. The van der Waals surface area contributed by atoms with Crippen molar-refractivity contribution in [2.75, 3.05) is 16.4 Å². The van der Waals surface area contributed by atoms with Gasteiger partial charge >= 0.3 is 0 Å². The fourth-order valence-corrected chi connectivity index (χ4v) is 7.58. The summed E-state index contributed by atoms with van der Waals surface area (Å²) in [5.74, 6) is -0.0841. The number of anilines is 1. The third-order valence-electron chi connectivity index (χ3n) is 5.30. The Balaban J connectivity index is 1.75. The van der Waals surface area contributed by atoms with Gasteiger partial charge in [-0.05, 0) is 56.2 Å². The van der Waals surface area contributed by atoms with Crippen molar-refractivity contribution < 1.29 is 13.2 Å². The number of amides is 1. The monoisotopic (exact) mass is 414 g/mol. The zero-order valence-electron chi connectivity index (χ0n) is 16.0. The number of carbonyl (C=O) groups is 1. The van der Waals surface area contributed by atoms with E-state index >= 15 is 0 Å². The number of benzene rings is 2. The van der Waals surface area contributed by atoms with E-state index in [9.17, 15) is 13.2 Å². The first kappa shape index (κ1) is 19.2. The first-order chi connectivity index (χ1) is 13.2. The van der Waals surface area contributed by atoms with Gasteiger partial charge in [0.1, 0.15) is 0 Å². The van der Waals surface area contributed by atoms with Crippen LogP contribution < -0.4 is 4.90 Å². The highest BCUT2D eigenvalue weighted by Crippen LogP contribution is 2.41. The quantitative estimate of drug-likeness (QED) is 0.752. The maximum absolute atomic E-state index is 12.8. The molecule has 2 aliphatic rings. The predicted octanol–water partition coefficient (Wildman–Crippen LogP) is 3.53. The molecule has 2 aromatic carbocycles. The summed E-state index contributed by atoms with van der Waals surface area (Å²) in [6.07, 6.45) is 0. The van der Waals surface area contributed by atoms with Crippen LogP contribution in [0.15, 0.2) is 47.5 Å². The minimum Gasteiger partial charge on any atom is -0.316 e. The van der Waals surface area contributed by atoms with Gasteiger partial charge in [0.25, 0.3) is 5.91 Å². The Morgan fingerprint density at radius 3 is 2.57 bits per heavy atom. The number of aryl methyl sites for hydroxylation is 3. The Morgan fingerprint density at radius 1 is 1.07 bits per heavy atom. The Kier molecular flexibility index (Phi) is 4.83. The molecule has 2 saturated heterocycles. The maximum atomic E-state index is 12.8. The molecule has 0 radical (unpaired) electrons. The van der Waals surface area contributed by atoms with E-state index in [-0.39, 0.29) is 28.7 Å². The minimum absolute atomic E-state index is 0.0925. The molecule has 5 nitrogen and oxygen atoms in total. The molecule has 0 aliphatic carbocycles. The van der Waals surface area contributed by atoms with Crippen molar-refractivity contribution in [2.24, 2.45) is 4.99 Å². The summed E-state index contributed by atoms with van der Waals surface area (Å²) in [5, 5.41) is 0.482. The maximum Gasteiger partial charge on any atom is 0.279 e. The highest BCUT2D eigenvalue weighted by Gasteiger charge is 2.49. The van der Waals surface area contributed by atoms with Gasteiger partial charge in [-0.1, -0.05) is 35.5 Å². The van der Waals surface area contributed by atoms with Gasteiger partial charge in [0, 0.05) is 16.5 Å². The van der Waals surface area contributed by atoms with E-state index in [1.807, 2.05) is 62.1 Å². The molecule has 4 rings (SSSR count). The first-order valence-electron chi connectivity index (χ1n) is 9.17. The second-order valence-electron chi connectivity index (χ2n) is 7.51. The van der Waals surface area contributed by atoms with Crippen LogP contribution in [0.25, 0.3) is 0 Å². The Morgan fingerprint density at radius 2 is 1.86 bits per heavy atom. The predicted molar refractivity (Wildman–Crippen MR) is 115 cm³/mol. The average Bonchev–Trinajstić information content (AvgIpc) is 3.08. The molecule has 2 fully saturated rings. The van der Waals surface area contributed by atoms with E-state index in [1.165, 1.54) is 17.3 Å². The third-order valence-corrected chi connectivity index (χ3v) is 8.51. The Hall–Kier alpha value is -2.12. The van der Waals surface area contributed by atoms with Gasteiger partial charge in [-0.3, -0.25) is 4.79 Å². The molecule has 0 bridgehead atoms. The molecular formula is C21H22N2O3S2. The minimum atomic E-state index is -3.08. The first-order valence-corrected chi connectivity index (χ1v) is 11.9. The largest absolute Gasteiger partial charge is 0.316 e. The summed E-state index contributed by atoms with van der Waals surface area (Å²) in [5.41, 5.74) is 4.71. The second kappa shape index (κ2) is 7.04. The van der Waals surface area contributed by atoms with Crippen LogP contribution in [0.3, 0.4) is 0 Å². The summed E-state index contributed by atoms with van der Waals surface area (Å²) in [4.78, 5) is 19.1. The molecular weight excluding hydrogens is 392 g/mol. The number of hydrogen-bond donors (Lipinski definition) is 0. The third kappa shape index (κ3) is 3.61. The van der Waals surface area contributed by atoms with Crippen molar-refractivity contribution in [3.05, 3.63) is 64.7 Å².